The summed E-state index contributed by atoms with van der Waals surface area (Å²) in [7, 11) is 0. The van der Waals surface area contributed by atoms with Gasteiger partial charge >= 0.3 is 17.9 Å². The van der Waals surface area contributed by atoms with E-state index in [-0.39, 0.29) is 17.5 Å². The van der Waals surface area contributed by atoms with Crippen molar-refractivity contribution in [3.8, 4) is 5.88 Å². The predicted molar refractivity (Wildman–Crippen MR) is 113 cm³/mol. The molecule has 34 heavy (non-hydrogen) atoms. The lowest BCUT2D eigenvalue weighted by Gasteiger charge is -2.18. The van der Waals surface area contributed by atoms with E-state index in [1.807, 2.05) is 13.8 Å². The van der Waals surface area contributed by atoms with Gasteiger partial charge in [-0.25, -0.2) is 18.3 Å². The lowest BCUT2D eigenvalue weighted by Crippen LogP contribution is -2.42. The van der Waals surface area contributed by atoms with Crippen molar-refractivity contribution in [2.75, 3.05) is 0 Å². The number of aliphatic hydroxyl groups is 1. The Hall–Kier alpha value is -3.58. The van der Waals surface area contributed by atoms with Crippen molar-refractivity contribution in [1.29, 1.82) is 0 Å². The van der Waals surface area contributed by atoms with Crippen molar-refractivity contribution >= 4 is 17.9 Å². The van der Waals surface area contributed by atoms with Gasteiger partial charge in [0.05, 0.1) is 21.3 Å². The lowest BCUT2D eigenvalue weighted by molar-refractivity contribution is -0.170. The van der Waals surface area contributed by atoms with Crippen molar-refractivity contribution in [2.45, 2.75) is 51.9 Å². The van der Waals surface area contributed by atoms with E-state index in [0.29, 0.717) is 12.6 Å². The Labute approximate surface area is 199 Å². The Bertz CT molecular complexity index is 1160. The molecule has 188 valence electrons. The summed E-state index contributed by atoms with van der Waals surface area (Å²) < 4.78 is 64.7. The molecule has 1 aromatic carbocycles. The van der Waals surface area contributed by atoms with Gasteiger partial charge in [0.25, 0.3) is 0 Å². The van der Waals surface area contributed by atoms with Crippen LogP contribution in [-0.2, 0) is 34.0 Å². The minimum absolute atomic E-state index is 0.0931. The van der Waals surface area contributed by atoms with E-state index in [2.05, 4.69) is 5.10 Å². The Morgan fingerprint density at radius 2 is 1.76 bits per heavy atom. The van der Waals surface area contributed by atoms with Gasteiger partial charge in [-0.05, 0) is 24.1 Å². The van der Waals surface area contributed by atoms with Gasteiger partial charge in [-0.3, -0.25) is 9.59 Å². The van der Waals surface area contributed by atoms with Crippen molar-refractivity contribution in [1.82, 2.24) is 9.78 Å². The number of hydrogen-bond acceptors (Lipinski definition) is 7. The third-order valence-electron chi connectivity index (χ3n) is 3.91. The number of nitrogens with two attached hydrogens (primary N) is 1. The number of rotatable bonds is 11. The summed E-state index contributed by atoms with van der Waals surface area (Å²) in [6.07, 6.45) is -2.29. The number of benzene rings is 1. The van der Waals surface area contributed by atoms with Gasteiger partial charge in [-0.2, -0.15) is 5.10 Å². The number of aliphatic carboxylic acids is 3. The maximum atomic E-state index is 13.9. The summed E-state index contributed by atoms with van der Waals surface area (Å²) in [6, 6.07) is 3.54. The Morgan fingerprint density at radius 1 is 1.18 bits per heavy atom. The van der Waals surface area contributed by atoms with Gasteiger partial charge in [0, 0.05) is 27.4 Å². The lowest BCUT2D eigenvalue weighted by atomic mass is 9.96. The van der Waals surface area contributed by atoms with Crippen LogP contribution in [0.1, 0.15) is 43.4 Å². The second kappa shape index (κ2) is 12.6. The molecule has 0 unspecified atom stereocenters. The van der Waals surface area contributed by atoms with Gasteiger partial charge < -0.3 is 30.9 Å². The van der Waals surface area contributed by atoms with Crippen LogP contribution in [0.4, 0.5) is 8.78 Å². The summed E-state index contributed by atoms with van der Waals surface area (Å²) in [6.45, 7) is -0.893. The molecule has 0 aliphatic carbocycles. The molecule has 2 aromatic rings. The van der Waals surface area contributed by atoms with Gasteiger partial charge in [-0.1, -0.05) is 13.8 Å². The zero-order chi connectivity index (χ0) is 29.6. The largest absolute Gasteiger partial charge is 0.481 e. The summed E-state index contributed by atoms with van der Waals surface area (Å²) >= 11 is 0. The molecular weight excluding hydrogens is 460 g/mol. The number of ether oxygens (including phenoxy) is 1. The highest BCUT2D eigenvalue weighted by molar-refractivity contribution is 5.88. The van der Waals surface area contributed by atoms with E-state index >= 15 is 0 Å². The van der Waals surface area contributed by atoms with E-state index in [1.54, 1.807) is 0 Å². The number of hydrogen-bond donors (Lipinski definition) is 5. The number of carbonyl (C=O) groups is 3. The van der Waals surface area contributed by atoms with E-state index in [9.17, 15) is 23.2 Å². The van der Waals surface area contributed by atoms with Crippen LogP contribution >= 0.6 is 0 Å². The average molecular weight is 491 g/mol. The van der Waals surface area contributed by atoms with Crippen molar-refractivity contribution in [3.05, 3.63) is 47.2 Å². The number of nitrogens with zero attached hydrogens (tertiary/aromatic N) is 2. The van der Waals surface area contributed by atoms with Gasteiger partial charge in [-0.15, -0.1) is 0 Å². The van der Waals surface area contributed by atoms with Crippen LogP contribution in [0.25, 0.3) is 0 Å². The van der Waals surface area contributed by atoms with Crippen LogP contribution in [0.3, 0.4) is 0 Å². The molecule has 6 N–H and O–H groups in total. The molecule has 0 spiro atoms. The van der Waals surface area contributed by atoms with Crippen molar-refractivity contribution in [3.63, 3.8) is 0 Å². The molecule has 11 nitrogen and oxygen atoms in total. The fourth-order valence-corrected chi connectivity index (χ4v) is 2.43. The highest BCUT2D eigenvalue weighted by Gasteiger charge is 2.40. The first-order chi connectivity index (χ1) is 17.2. The summed E-state index contributed by atoms with van der Waals surface area (Å²) in [4.78, 5) is 30.5. The first kappa shape index (κ1) is 22.2. The Kier molecular flexibility index (Phi) is 8.24. The minimum Gasteiger partial charge on any atom is -0.481 e. The Morgan fingerprint density at radius 3 is 2.24 bits per heavy atom. The molecule has 2 rings (SSSR count). The van der Waals surface area contributed by atoms with E-state index < -0.39 is 66.6 Å². The van der Waals surface area contributed by atoms with Crippen LogP contribution in [0.5, 0.6) is 5.88 Å². The monoisotopic (exact) mass is 491 g/mol. The molecule has 0 radical (unpaired) electrons. The first-order valence-corrected chi connectivity index (χ1v) is 9.59. The average Bonchev–Trinajstić information content (AvgIpc) is 3.10. The summed E-state index contributed by atoms with van der Waals surface area (Å²) in [5, 5.41) is 37.8. The molecule has 0 aliphatic rings. The van der Waals surface area contributed by atoms with E-state index in [4.69, 9.17) is 36.4 Å². The summed E-state index contributed by atoms with van der Waals surface area (Å²) in [5.74, 6) is -6.83. The molecule has 0 fully saturated rings. The van der Waals surface area contributed by atoms with Crippen LogP contribution in [-0.4, -0.2) is 53.7 Å². The predicted octanol–water partition coefficient (Wildman–Crippen LogP) is 1.61. The topological polar surface area (TPSA) is 185 Å². The van der Waals surface area contributed by atoms with Crippen LogP contribution in [0.15, 0.2) is 24.3 Å². The molecule has 1 aromatic heterocycles. The van der Waals surface area contributed by atoms with Crippen LogP contribution < -0.4 is 10.5 Å². The van der Waals surface area contributed by atoms with Gasteiger partial charge in [0.15, 0.2) is 5.60 Å². The van der Waals surface area contributed by atoms with Crippen LogP contribution in [0, 0.1) is 17.6 Å². The number of aromatic nitrogens is 2. The quantitative estimate of drug-likeness (QED) is 0.309. The molecule has 1 heterocycles. The molecule has 0 atom stereocenters. The highest BCUT2D eigenvalue weighted by Crippen LogP contribution is 2.19. The molecule has 0 bridgehead atoms. The van der Waals surface area contributed by atoms with Gasteiger partial charge in [0.1, 0.15) is 18.2 Å². The number of carboxylic acids is 3. The zero-order valence-electron chi connectivity index (χ0n) is 22.2. The Balaban J connectivity index is 0.000000471. The van der Waals surface area contributed by atoms with E-state index in [0.717, 1.165) is 18.2 Å². The first-order valence-electron chi connectivity index (χ1n) is 11.6. The SMILES string of the molecule is O=C(O)CC(O)(CC(=O)O)C(=O)O.[2H]C([2H])(N)c1cc(OC([2H])([2H])c2cc(F)ccc2F)n(CC(C)C)n1. The molecule has 13 heteroatoms. The summed E-state index contributed by atoms with van der Waals surface area (Å²) in [5.41, 5.74) is 1.89. The van der Waals surface area contributed by atoms with Crippen molar-refractivity contribution < 1.29 is 53.8 Å². The van der Waals surface area contributed by atoms with Gasteiger partial charge in [0.2, 0.25) is 5.88 Å². The smallest absolute Gasteiger partial charge is 0.336 e. The molecule has 0 saturated heterocycles. The normalized spacial score (nSPS) is 13.6. The third-order valence-corrected chi connectivity index (χ3v) is 3.91. The number of halogens is 2. The second-order valence-corrected chi connectivity index (χ2v) is 7.39. The standard InChI is InChI=1S/C15H19F2N3O.C6H8O7/c1-10(2)8-20-15(6-13(7-18)19-20)21-9-11-5-12(16)3-4-14(11)17;7-3(8)1-6(13,5(11)12)2-4(9)10/h3-6,10H,7-9,18H2,1-2H3;13H,1-2H2,(H,7,8)(H,9,10)(H,11,12)/i7D2,9D2;. The maximum absolute atomic E-state index is 13.9. The zero-order valence-corrected chi connectivity index (χ0v) is 18.2. The molecule has 0 aliphatic heterocycles. The third kappa shape index (κ3) is 9.11. The maximum Gasteiger partial charge on any atom is 0.336 e. The molecule has 0 amide bonds. The van der Waals surface area contributed by atoms with Crippen LogP contribution in [0.2, 0.25) is 0 Å². The fourth-order valence-electron chi connectivity index (χ4n) is 2.43. The highest BCUT2D eigenvalue weighted by atomic mass is 19.1. The van der Waals surface area contributed by atoms with Crippen molar-refractivity contribution in [2.24, 2.45) is 11.7 Å². The van der Waals surface area contributed by atoms with E-state index in [1.165, 1.54) is 4.68 Å². The minimum atomic E-state index is -2.74. The second-order valence-electron chi connectivity index (χ2n) is 7.39. The molecular formula is C21H27F2N3O8. The fraction of sp³-hybridized carbons (Fsp3) is 0.429. The molecule has 0 saturated carbocycles. The number of carboxylic acid groups (broad SMARTS) is 3.